The molecule has 4 heteroatoms. The Kier molecular flexibility index (Phi) is 8.41. The van der Waals surface area contributed by atoms with Gasteiger partial charge >= 0.3 is 0 Å². The smallest absolute Gasteiger partial charge is 0.220 e. The summed E-state index contributed by atoms with van der Waals surface area (Å²) in [5.41, 5.74) is -0.153. The van der Waals surface area contributed by atoms with Crippen molar-refractivity contribution in [2.24, 2.45) is 17.3 Å². The number of Topliss-reactive ketones (excluding diaryl/α,β-unsaturated/α-hetero) is 1. The van der Waals surface area contributed by atoms with Gasteiger partial charge < -0.3 is 10.6 Å². The molecule has 1 amide bonds. The van der Waals surface area contributed by atoms with E-state index in [2.05, 4.69) is 38.3 Å². The molecule has 0 aliphatic heterocycles. The fourth-order valence-corrected chi connectivity index (χ4v) is 3.47. The molecule has 0 heterocycles. The van der Waals surface area contributed by atoms with Crippen LogP contribution in [0.1, 0.15) is 80.1 Å². The Morgan fingerprint density at radius 1 is 1.08 bits per heavy atom. The molecule has 1 rings (SSSR count). The second-order valence-electron chi connectivity index (χ2n) is 8.49. The van der Waals surface area contributed by atoms with Crippen molar-refractivity contribution in [1.82, 2.24) is 10.6 Å². The van der Waals surface area contributed by atoms with Gasteiger partial charge in [0.2, 0.25) is 5.91 Å². The second kappa shape index (κ2) is 9.55. The summed E-state index contributed by atoms with van der Waals surface area (Å²) in [6.07, 6.45) is 5.43. The highest BCUT2D eigenvalue weighted by Crippen LogP contribution is 2.52. The topological polar surface area (TPSA) is 58.2 Å². The minimum atomic E-state index is -0.153. The minimum Gasteiger partial charge on any atom is -0.356 e. The van der Waals surface area contributed by atoms with Crippen LogP contribution < -0.4 is 10.6 Å². The molecule has 24 heavy (non-hydrogen) atoms. The maximum Gasteiger partial charge on any atom is 0.220 e. The number of amides is 1. The molecule has 2 N–H and O–H groups in total. The quantitative estimate of drug-likeness (QED) is 0.534. The van der Waals surface area contributed by atoms with E-state index in [0.29, 0.717) is 30.2 Å². The summed E-state index contributed by atoms with van der Waals surface area (Å²) in [7, 11) is 0. The maximum atomic E-state index is 12.6. The zero-order valence-corrected chi connectivity index (χ0v) is 16.6. The summed E-state index contributed by atoms with van der Waals surface area (Å²) in [5, 5.41) is 6.54. The molecular weight excluding hydrogens is 300 g/mol. The lowest BCUT2D eigenvalue weighted by atomic mass is 9.87. The van der Waals surface area contributed by atoms with Crippen molar-refractivity contribution in [2.45, 2.75) is 92.2 Å². The van der Waals surface area contributed by atoms with Crippen LogP contribution in [-0.4, -0.2) is 30.3 Å². The van der Waals surface area contributed by atoms with E-state index in [4.69, 9.17) is 0 Å². The van der Waals surface area contributed by atoms with Crippen LogP contribution in [-0.2, 0) is 9.59 Å². The van der Waals surface area contributed by atoms with Crippen molar-refractivity contribution >= 4 is 11.7 Å². The number of hydrogen-bond acceptors (Lipinski definition) is 3. The molecule has 2 unspecified atom stereocenters. The lowest BCUT2D eigenvalue weighted by Gasteiger charge is -2.20. The van der Waals surface area contributed by atoms with Gasteiger partial charge in [0.1, 0.15) is 5.78 Å². The maximum absolute atomic E-state index is 12.6. The van der Waals surface area contributed by atoms with Gasteiger partial charge in [0.25, 0.3) is 0 Å². The van der Waals surface area contributed by atoms with Crippen LogP contribution >= 0.6 is 0 Å². The molecule has 0 aromatic carbocycles. The van der Waals surface area contributed by atoms with E-state index in [1.54, 1.807) is 0 Å². The third-order valence-corrected chi connectivity index (χ3v) is 4.95. The van der Waals surface area contributed by atoms with Crippen LogP contribution in [0, 0.1) is 17.3 Å². The van der Waals surface area contributed by atoms with E-state index in [0.717, 1.165) is 38.6 Å². The highest BCUT2D eigenvalue weighted by molar-refractivity contribution is 5.90. The molecule has 0 spiro atoms. The van der Waals surface area contributed by atoms with E-state index < -0.39 is 0 Å². The Morgan fingerprint density at radius 3 is 2.29 bits per heavy atom. The first kappa shape index (κ1) is 21.1. The number of rotatable bonds is 12. The van der Waals surface area contributed by atoms with Crippen molar-refractivity contribution in [3.8, 4) is 0 Å². The van der Waals surface area contributed by atoms with Gasteiger partial charge in [-0.1, -0.05) is 48.0 Å². The first-order chi connectivity index (χ1) is 11.2. The molecule has 2 atom stereocenters. The van der Waals surface area contributed by atoms with Gasteiger partial charge in [-0.05, 0) is 31.6 Å². The first-order valence-electron chi connectivity index (χ1n) is 9.76. The summed E-state index contributed by atoms with van der Waals surface area (Å²) in [6, 6.07) is 0.755. The Balaban J connectivity index is 2.32. The largest absolute Gasteiger partial charge is 0.356 e. The molecule has 1 aliphatic carbocycles. The monoisotopic (exact) mass is 338 g/mol. The molecule has 0 bridgehead atoms. The zero-order valence-electron chi connectivity index (χ0n) is 16.6. The van der Waals surface area contributed by atoms with E-state index >= 15 is 0 Å². The molecule has 1 fully saturated rings. The summed E-state index contributed by atoms with van der Waals surface area (Å²) in [4.78, 5) is 24.3. The normalized spacial score (nSPS) is 23.1. The highest BCUT2D eigenvalue weighted by atomic mass is 16.1. The highest BCUT2D eigenvalue weighted by Gasteiger charge is 2.58. The number of ketones is 1. The number of carbonyl (C=O) groups excluding carboxylic acids is 2. The van der Waals surface area contributed by atoms with Crippen LogP contribution in [0.25, 0.3) is 0 Å². The SMILES string of the molecule is CC(C)CCC(=O)NCCCCC1(C(=O)C(C)C)CC1NC(C)C. The zero-order chi connectivity index (χ0) is 18.3. The Labute approximate surface area is 148 Å². The molecule has 1 aliphatic rings. The summed E-state index contributed by atoms with van der Waals surface area (Å²) in [6.45, 7) is 13.3. The van der Waals surface area contributed by atoms with Gasteiger partial charge in [-0.15, -0.1) is 0 Å². The second-order valence-corrected chi connectivity index (χ2v) is 8.49. The number of unbranched alkanes of at least 4 members (excludes halogenated alkanes) is 1. The summed E-state index contributed by atoms with van der Waals surface area (Å²) in [5.74, 6) is 1.22. The van der Waals surface area contributed by atoms with E-state index in [1.165, 1.54) is 0 Å². The molecule has 4 nitrogen and oxygen atoms in total. The number of hydrogen-bond donors (Lipinski definition) is 2. The van der Waals surface area contributed by atoms with Crippen molar-refractivity contribution in [2.75, 3.05) is 6.54 Å². The number of carbonyl (C=O) groups is 2. The Hall–Kier alpha value is -0.900. The first-order valence-corrected chi connectivity index (χ1v) is 9.76. The van der Waals surface area contributed by atoms with Crippen molar-refractivity contribution < 1.29 is 9.59 Å². The Bertz CT molecular complexity index is 418. The molecule has 0 aromatic heterocycles. The van der Waals surface area contributed by atoms with Crippen LogP contribution in [0.2, 0.25) is 0 Å². The average molecular weight is 339 g/mol. The van der Waals surface area contributed by atoms with Gasteiger partial charge in [-0.3, -0.25) is 9.59 Å². The Morgan fingerprint density at radius 2 is 1.75 bits per heavy atom. The van der Waals surface area contributed by atoms with Crippen LogP contribution in [0.15, 0.2) is 0 Å². The van der Waals surface area contributed by atoms with Crippen molar-refractivity contribution in [3.05, 3.63) is 0 Å². The fourth-order valence-electron chi connectivity index (χ4n) is 3.47. The standard InChI is InChI=1S/C20H38N2O2/c1-14(2)9-10-18(23)21-12-8-7-11-20(19(24)15(3)4)13-17(20)22-16(5)6/h14-17,22H,7-13H2,1-6H3,(H,21,23). The molecule has 0 radical (unpaired) electrons. The van der Waals surface area contributed by atoms with Gasteiger partial charge in [0.05, 0.1) is 0 Å². The van der Waals surface area contributed by atoms with Crippen molar-refractivity contribution in [3.63, 3.8) is 0 Å². The molecule has 140 valence electrons. The third-order valence-electron chi connectivity index (χ3n) is 4.95. The fraction of sp³-hybridized carbons (Fsp3) is 0.900. The number of nitrogens with one attached hydrogen (secondary N) is 2. The van der Waals surface area contributed by atoms with E-state index in [-0.39, 0.29) is 17.2 Å². The summed E-state index contributed by atoms with van der Waals surface area (Å²) >= 11 is 0. The molecule has 1 saturated carbocycles. The van der Waals surface area contributed by atoms with Gasteiger partial charge in [0.15, 0.2) is 0 Å². The van der Waals surface area contributed by atoms with Gasteiger partial charge in [-0.25, -0.2) is 0 Å². The lowest BCUT2D eigenvalue weighted by molar-refractivity contribution is -0.128. The molecular formula is C20H38N2O2. The summed E-state index contributed by atoms with van der Waals surface area (Å²) < 4.78 is 0. The van der Waals surface area contributed by atoms with E-state index in [9.17, 15) is 9.59 Å². The van der Waals surface area contributed by atoms with Crippen LogP contribution in [0.4, 0.5) is 0 Å². The third kappa shape index (κ3) is 6.54. The lowest BCUT2D eigenvalue weighted by Crippen LogP contribution is -2.34. The van der Waals surface area contributed by atoms with Crippen LogP contribution in [0.5, 0.6) is 0 Å². The predicted octanol–water partition coefficient (Wildman–Crippen LogP) is 3.69. The van der Waals surface area contributed by atoms with E-state index in [1.807, 2.05) is 13.8 Å². The molecule has 0 aromatic rings. The van der Waals surface area contributed by atoms with Gasteiger partial charge in [0, 0.05) is 36.4 Å². The van der Waals surface area contributed by atoms with Gasteiger partial charge in [-0.2, -0.15) is 0 Å². The average Bonchev–Trinajstić information content (AvgIpc) is 3.16. The minimum absolute atomic E-state index is 0.0969. The van der Waals surface area contributed by atoms with Crippen LogP contribution in [0.3, 0.4) is 0 Å². The predicted molar refractivity (Wildman–Crippen MR) is 99.9 cm³/mol. The molecule has 0 saturated heterocycles. The van der Waals surface area contributed by atoms with Crippen molar-refractivity contribution in [1.29, 1.82) is 0 Å².